The molecule has 1 aliphatic heterocycles. The Kier molecular flexibility index (Phi) is 3.77. The number of piperidine rings is 1. The van der Waals surface area contributed by atoms with E-state index in [0.29, 0.717) is 24.5 Å². The van der Waals surface area contributed by atoms with E-state index in [1.54, 1.807) is 6.20 Å². The number of nitrogens with two attached hydrogens (primary N) is 1. The van der Waals surface area contributed by atoms with Gasteiger partial charge in [-0.3, -0.25) is 0 Å². The number of anilines is 1. The van der Waals surface area contributed by atoms with E-state index in [4.69, 9.17) is 5.73 Å². The van der Waals surface area contributed by atoms with Crippen molar-refractivity contribution in [3.05, 3.63) is 17.5 Å². The van der Waals surface area contributed by atoms with E-state index < -0.39 is 12.1 Å². The minimum Gasteiger partial charge on any atom is -0.339 e. The fraction of sp³-hybridized carbons (Fsp3) is 0.714. The van der Waals surface area contributed by atoms with Crippen LogP contribution in [0.4, 0.5) is 19.1 Å². The number of aromatic nitrogens is 2. The predicted octanol–water partition coefficient (Wildman–Crippen LogP) is 2.07. The van der Waals surface area contributed by atoms with Gasteiger partial charge in [-0.25, -0.2) is 9.97 Å². The molecule has 21 heavy (non-hydrogen) atoms. The highest BCUT2D eigenvalue weighted by Crippen LogP contribution is 2.36. The van der Waals surface area contributed by atoms with Crippen molar-refractivity contribution in [3.8, 4) is 0 Å². The van der Waals surface area contributed by atoms with Crippen LogP contribution in [0.5, 0.6) is 0 Å². The lowest BCUT2D eigenvalue weighted by molar-refractivity contribution is -0.177. The van der Waals surface area contributed by atoms with Gasteiger partial charge >= 0.3 is 6.18 Å². The second-order valence-corrected chi connectivity index (χ2v) is 5.97. The highest BCUT2D eigenvalue weighted by atomic mass is 19.4. The lowest BCUT2D eigenvalue weighted by Crippen LogP contribution is -2.43. The molecule has 1 aromatic rings. The van der Waals surface area contributed by atoms with Crippen LogP contribution in [0.15, 0.2) is 6.20 Å². The van der Waals surface area contributed by atoms with Crippen molar-refractivity contribution in [1.82, 2.24) is 9.97 Å². The summed E-state index contributed by atoms with van der Waals surface area (Å²) in [7, 11) is 0. The molecule has 0 bridgehead atoms. The van der Waals surface area contributed by atoms with Gasteiger partial charge < -0.3 is 10.6 Å². The van der Waals surface area contributed by atoms with Gasteiger partial charge in [0, 0.05) is 31.0 Å². The zero-order valence-electron chi connectivity index (χ0n) is 11.7. The fourth-order valence-corrected chi connectivity index (χ4v) is 3.12. The van der Waals surface area contributed by atoms with Crippen LogP contribution >= 0.6 is 0 Å². The number of aryl methyl sites for hydroxylation is 1. The lowest BCUT2D eigenvalue weighted by Gasteiger charge is -2.32. The molecule has 0 aromatic carbocycles. The Morgan fingerprint density at radius 3 is 2.81 bits per heavy atom. The highest BCUT2D eigenvalue weighted by Gasteiger charge is 2.41. The molecule has 1 saturated heterocycles. The molecular formula is C14H19F3N4. The number of halogens is 3. The number of hydrogen-bond donors (Lipinski definition) is 1. The Morgan fingerprint density at radius 2 is 2.10 bits per heavy atom. The van der Waals surface area contributed by atoms with Gasteiger partial charge in [0.25, 0.3) is 0 Å². The largest absolute Gasteiger partial charge is 0.392 e. The predicted molar refractivity (Wildman–Crippen MR) is 73.0 cm³/mol. The third-order valence-corrected chi connectivity index (χ3v) is 4.34. The average molecular weight is 300 g/mol. The molecule has 1 aromatic heterocycles. The smallest absolute Gasteiger partial charge is 0.339 e. The summed E-state index contributed by atoms with van der Waals surface area (Å²) in [6.07, 6.45) is -0.0851. The van der Waals surface area contributed by atoms with Gasteiger partial charge in [0.15, 0.2) is 0 Å². The second-order valence-electron chi connectivity index (χ2n) is 5.97. The van der Waals surface area contributed by atoms with Gasteiger partial charge in [0.2, 0.25) is 5.95 Å². The van der Waals surface area contributed by atoms with Gasteiger partial charge in [-0.15, -0.1) is 0 Å². The Morgan fingerprint density at radius 1 is 1.29 bits per heavy atom. The molecule has 2 unspecified atom stereocenters. The van der Waals surface area contributed by atoms with Crippen molar-refractivity contribution in [1.29, 1.82) is 0 Å². The van der Waals surface area contributed by atoms with Crippen LogP contribution in [0.25, 0.3) is 0 Å². The molecule has 0 amide bonds. The SMILES string of the molecule is NC1CCCN(c2ncc3c(n2)CCC(C(F)(F)F)C3)C1. The summed E-state index contributed by atoms with van der Waals surface area (Å²) in [5, 5.41) is 0. The zero-order chi connectivity index (χ0) is 15.0. The number of hydrogen-bond acceptors (Lipinski definition) is 4. The van der Waals surface area contributed by atoms with Crippen LogP contribution in [0, 0.1) is 5.92 Å². The van der Waals surface area contributed by atoms with Crippen molar-refractivity contribution in [3.63, 3.8) is 0 Å². The third-order valence-electron chi connectivity index (χ3n) is 4.34. The topological polar surface area (TPSA) is 55.0 Å². The molecule has 2 N–H and O–H groups in total. The Hall–Kier alpha value is -1.37. The summed E-state index contributed by atoms with van der Waals surface area (Å²) in [5.74, 6) is -0.655. The number of rotatable bonds is 1. The fourth-order valence-electron chi connectivity index (χ4n) is 3.12. The molecule has 0 spiro atoms. The minimum absolute atomic E-state index is 0.00136. The molecule has 2 heterocycles. The lowest BCUT2D eigenvalue weighted by atomic mass is 9.87. The zero-order valence-corrected chi connectivity index (χ0v) is 11.7. The van der Waals surface area contributed by atoms with Crippen molar-refractivity contribution >= 4 is 5.95 Å². The van der Waals surface area contributed by atoms with E-state index in [1.165, 1.54) is 0 Å². The molecule has 1 aliphatic carbocycles. The molecule has 3 rings (SSSR count). The van der Waals surface area contributed by atoms with Crippen LogP contribution in [-0.2, 0) is 12.8 Å². The average Bonchev–Trinajstić information content (AvgIpc) is 2.45. The number of fused-ring (bicyclic) bond motifs is 1. The number of alkyl halides is 3. The van der Waals surface area contributed by atoms with Crippen molar-refractivity contribution < 1.29 is 13.2 Å². The summed E-state index contributed by atoms with van der Waals surface area (Å²) >= 11 is 0. The van der Waals surface area contributed by atoms with E-state index in [1.807, 2.05) is 4.90 Å². The monoisotopic (exact) mass is 300 g/mol. The van der Waals surface area contributed by atoms with E-state index in [9.17, 15) is 13.2 Å². The van der Waals surface area contributed by atoms with Crippen molar-refractivity contribution in [2.45, 2.75) is 44.3 Å². The first-order chi connectivity index (χ1) is 9.93. The van der Waals surface area contributed by atoms with Crippen molar-refractivity contribution in [2.24, 2.45) is 11.7 Å². The summed E-state index contributed by atoms with van der Waals surface area (Å²) in [6.45, 7) is 1.57. The molecule has 2 atom stereocenters. The van der Waals surface area contributed by atoms with Crippen LogP contribution in [-0.4, -0.2) is 35.3 Å². The van der Waals surface area contributed by atoms with Crippen LogP contribution in [0.1, 0.15) is 30.5 Å². The minimum atomic E-state index is -4.13. The first kappa shape index (κ1) is 14.6. The summed E-state index contributed by atoms with van der Waals surface area (Å²) in [6, 6.07) is 0.119. The van der Waals surface area contributed by atoms with Gasteiger partial charge in [0.05, 0.1) is 5.92 Å². The first-order valence-electron chi connectivity index (χ1n) is 7.35. The molecule has 116 valence electrons. The summed E-state index contributed by atoms with van der Waals surface area (Å²) < 4.78 is 38.4. The van der Waals surface area contributed by atoms with Gasteiger partial charge in [-0.1, -0.05) is 0 Å². The van der Waals surface area contributed by atoms with Crippen LogP contribution in [0.2, 0.25) is 0 Å². The molecule has 0 radical (unpaired) electrons. The molecule has 1 fully saturated rings. The first-order valence-corrected chi connectivity index (χ1v) is 7.35. The van der Waals surface area contributed by atoms with E-state index in [0.717, 1.165) is 25.1 Å². The van der Waals surface area contributed by atoms with Crippen LogP contribution < -0.4 is 10.6 Å². The normalized spacial score (nSPS) is 26.6. The quantitative estimate of drug-likeness (QED) is 0.862. The van der Waals surface area contributed by atoms with Crippen LogP contribution in [0.3, 0.4) is 0 Å². The second kappa shape index (κ2) is 5.44. The highest BCUT2D eigenvalue weighted by molar-refractivity contribution is 5.35. The summed E-state index contributed by atoms with van der Waals surface area (Å²) in [4.78, 5) is 10.8. The maximum absolute atomic E-state index is 12.8. The molecular weight excluding hydrogens is 281 g/mol. The molecule has 0 saturated carbocycles. The van der Waals surface area contributed by atoms with E-state index >= 15 is 0 Å². The van der Waals surface area contributed by atoms with E-state index in [-0.39, 0.29) is 18.9 Å². The van der Waals surface area contributed by atoms with Gasteiger partial charge in [-0.2, -0.15) is 13.2 Å². The standard InChI is InChI=1S/C14H19F3N4/c15-14(16,17)10-3-4-12-9(6-10)7-19-13(20-12)21-5-1-2-11(18)8-21/h7,10-11H,1-6,8,18H2. The third kappa shape index (κ3) is 3.12. The summed E-state index contributed by atoms with van der Waals surface area (Å²) in [5.41, 5.74) is 7.34. The maximum Gasteiger partial charge on any atom is 0.392 e. The Balaban J connectivity index is 1.77. The molecule has 4 nitrogen and oxygen atoms in total. The molecule has 7 heteroatoms. The number of nitrogens with zero attached hydrogens (tertiary/aromatic N) is 3. The van der Waals surface area contributed by atoms with Gasteiger partial charge in [-0.05, 0) is 37.7 Å². The Labute approximate surface area is 121 Å². The Bertz CT molecular complexity index is 517. The maximum atomic E-state index is 12.8. The van der Waals surface area contributed by atoms with E-state index in [2.05, 4.69) is 9.97 Å². The molecule has 2 aliphatic rings. The van der Waals surface area contributed by atoms with Crippen molar-refractivity contribution in [2.75, 3.05) is 18.0 Å². The van der Waals surface area contributed by atoms with Gasteiger partial charge in [0.1, 0.15) is 0 Å².